The smallest absolute Gasteiger partial charge is 0.178 e. The third-order valence-corrected chi connectivity index (χ3v) is 6.01. The highest BCUT2D eigenvalue weighted by Crippen LogP contribution is 2.50. The van der Waals surface area contributed by atoms with Crippen LogP contribution in [0.4, 0.5) is 0 Å². The summed E-state index contributed by atoms with van der Waals surface area (Å²) in [7, 11) is 3.10. The number of ketones is 1. The molecule has 7 heteroatoms. The van der Waals surface area contributed by atoms with E-state index in [1.165, 1.54) is 0 Å². The summed E-state index contributed by atoms with van der Waals surface area (Å²) in [5.74, 6) is 2.12. The molecule has 2 aromatic carbocycles. The van der Waals surface area contributed by atoms with Crippen LogP contribution in [0.15, 0.2) is 24.3 Å². The molecule has 3 aliphatic rings. The number of ether oxygens (including phenoxy) is 5. The number of aliphatic hydroxyl groups is 1. The first kappa shape index (κ1) is 17.9. The van der Waals surface area contributed by atoms with Crippen LogP contribution in [0.2, 0.25) is 0 Å². The fourth-order valence-electron chi connectivity index (χ4n) is 4.41. The van der Waals surface area contributed by atoms with Gasteiger partial charge in [-0.25, -0.2) is 0 Å². The van der Waals surface area contributed by atoms with E-state index in [1.54, 1.807) is 45.4 Å². The summed E-state index contributed by atoms with van der Waals surface area (Å²) in [6, 6.07) is 6.96. The standard InChI is InChI=1S/C23H24O7/c1-23(2,25)19-8-13-14(29-19)6-5-11-21(24)20-12-7-16(26-3)17(27-4)9-15(12)28-10-18(20)30-22(11)13/h5-7,9,18-20,25H,8,10H2,1-4H3/t18-,19-,20+/m1/s1/i1T/t18-,19-,20+,23-. The van der Waals surface area contributed by atoms with Gasteiger partial charge >= 0.3 is 0 Å². The van der Waals surface area contributed by atoms with Crippen molar-refractivity contribution in [1.29, 1.82) is 0 Å². The second kappa shape index (κ2) is 6.54. The zero-order chi connectivity index (χ0) is 21.9. The van der Waals surface area contributed by atoms with Crippen LogP contribution in [0.5, 0.6) is 28.7 Å². The molecule has 3 heterocycles. The molecule has 0 saturated heterocycles. The minimum absolute atomic E-state index is 0.0541. The van der Waals surface area contributed by atoms with Gasteiger partial charge in [0.25, 0.3) is 0 Å². The molecule has 0 bridgehead atoms. The van der Waals surface area contributed by atoms with Crippen molar-refractivity contribution in [2.75, 3.05) is 20.8 Å². The maximum absolute atomic E-state index is 13.6. The lowest BCUT2D eigenvalue weighted by atomic mass is 9.81. The Morgan fingerprint density at radius 3 is 2.67 bits per heavy atom. The van der Waals surface area contributed by atoms with E-state index in [-0.39, 0.29) is 19.3 Å². The van der Waals surface area contributed by atoms with E-state index in [2.05, 4.69) is 0 Å². The average molecular weight is 414 g/mol. The van der Waals surface area contributed by atoms with Gasteiger partial charge < -0.3 is 28.8 Å². The van der Waals surface area contributed by atoms with E-state index in [9.17, 15) is 9.90 Å². The second-order valence-electron chi connectivity index (χ2n) is 8.14. The van der Waals surface area contributed by atoms with Crippen LogP contribution in [0.25, 0.3) is 0 Å². The number of methoxy groups -OCH3 is 2. The first-order valence-electron chi connectivity index (χ1n) is 10.5. The topological polar surface area (TPSA) is 83.5 Å². The van der Waals surface area contributed by atoms with Gasteiger partial charge in [0.2, 0.25) is 0 Å². The summed E-state index contributed by atoms with van der Waals surface area (Å²) in [6.07, 6.45) is -0.687. The first-order valence-corrected chi connectivity index (χ1v) is 9.81. The highest BCUT2D eigenvalue weighted by molar-refractivity contribution is 6.06. The maximum atomic E-state index is 13.6. The van der Waals surface area contributed by atoms with Gasteiger partial charge in [-0.3, -0.25) is 4.79 Å². The van der Waals surface area contributed by atoms with Gasteiger partial charge in [0.1, 0.15) is 36.1 Å². The van der Waals surface area contributed by atoms with E-state index >= 15 is 0 Å². The summed E-state index contributed by atoms with van der Waals surface area (Å²) in [5, 5.41) is 10.5. The molecule has 0 amide bonds. The first-order chi connectivity index (χ1) is 14.9. The molecule has 0 radical (unpaired) electrons. The summed E-state index contributed by atoms with van der Waals surface area (Å²) in [4.78, 5) is 13.6. The number of fused-ring (bicyclic) bond motifs is 6. The zero-order valence-electron chi connectivity index (χ0n) is 18.1. The molecule has 30 heavy (non-hydrogen) atoms. The summed E-state index contributed by atoms with van der Waals surface area (Å²) in [5.41, 5.74) is 0.644. The van der Waals surface area contributed by atoms with E-state index in [1.807, 2.05) is 0 Å². The molecule has 2 aromatic rings. The number of carbonyl (C=O) groups excluding carboxylic acids is 1. The predicted octanol–water partition coefficient (Wildman–Crippen LogP) is 2.90. The number of benzene rings is 2. The van der Waals surface area contributed by atoms with Crippen LogP contribution in [-0.4, -0.2) is 49.5 Å². The Hall–Kier alpha value is -2.93. The normalized spacial score (nSPS) is 25.8. The molecule has 3 aliphatic heterocycles. The third kappa shape index (κ3) is 2.72. The van der Waals surface area contributed by atoms with Crippen LogP contribution >= 0.6 is 0 Å². The van der Waals surface area contributed by atoms with Crippen molar-refractivity contribution in [3.63, 3.8) is 0 Å². The minimum atomic E-state index is -1.30. The Labute approximate surface area is 175 Å². The Kier molecular flexibility index (Phi) is 3.90. The van der Waals surface area contributed by atoms with Crippen molar-refractivity contribution < 1.29 is 35.0 Å². The van der Waals surface area contributed by atoms with Crippen molar-refractivity contribution >= 4 is 5.78 Å². The zero-order valence-corrected chi connectivity index (χ0v) is 17.1. The fraction of sp³-hybridized carbons (Fsp3) is 0.435. The van der Waals surface area contributed by atoms with Crippen LogP contribution < -0.4 is 23.7 Å². The number of rotatable bonds is 3. The van der Waals surface area contributed by atoms with Crippen LogP contribution in [0.3, 0.4) is 0 Å². The van der Waals surface area contributed by atoms with Gasteiger partial charge in [-0.15, -0.1) is 0 Å². The molecule has 0 saturated carbocycles. The Balaban J connectivity index is 1.55. The van der Waals surface area contributed by atoms with E-state index in [4.69, 9.17) is 25.1 Å². The highest BCUT2D eigenvalue weighted by Gasteiger charge is 2.46. The predicted molar refractivity (Wildman–Crippen MR) is 107 cm³/mol. The van der Waals surface area contributed by atoms with Gasteiger partial charge in [0.15, 0.2) is 17.3 Å². The Morgan fingerprint density at radius 2 is 1.93 bits per heavy atom. The summed E-state index contributed by atoms with van der Waals surface area (Å²) >= 11 is 0. The lowest BCUT2D eigenvalue weighted by molar-refractivity contribution is -0.0230. The van der Waals surface area contributed by atoms with E-state index in [0.717, 1.165) is 5.56 Å². The Morgan fingerprint density at radius 1 is 1.17 bits per heavy atom. The van der Waals surface area contributed by atoms with Gasteiger partial charge in [-0.2, -0.15) is 0 Å². The SMILES string of the molecule is [3H]C[C@](C)(O)[C@H]1Cc2c(ccc3c2O[C@@H]2COc4cc(OC)c(OC)cc4[C@@H]2C3=O)O1. The van der Waals surface area contributed by atoms with Gasteiger partial charge in [0.05, 0.1) is 31.3 Å². The number of hydrogen-bond acceptors (Lipinski definition) is 7. The quantitative estimate of drug-likeness (QED) is 0.827. The van der Waals surface area contributed by atoms with Crippen molar-refractivity contribution in [3.05, 3.63) is 41.0 Å². The molecule has 158 valence electrons. The lowest BCUT2D eigenvalue weighted by Crippen LogP contribution is -2.43. The molecule has 0 fully saturated rings. The highest BCUT2D eigenvalue weighted by atomic mass is 16.5. The van der Waals surface area contributed by atoms with E-state index in [0.29, 0.717) is 46.3 Å². The maximum Gasteiger partial charge on any atom is 0.178 e. The fourth-order valence-corrected chi connectivity index (χ4v) is 4.41. The van der Waals surface area contributed by atoms with Crippen LogP contribution in [0.1, 0.15) is 42.6 Å². The molecule has 0 unspecified atom stereocenters. The van der Waals surface area contributed by atoms with Gasteiger partial charge in [-0.1, -0.05) is 0 Å². The third-order valence-electron chi connectivity index (χ3n) is 6.01. The molecule has 4 atom stereocenters. The molecule has 0 aromatic heterocycles. The molecule has 5 rings (SSSR count). The van der Waals surface area contributed by atoms with Crippen LogP contribution in [0, 0.1) is 0 Å². The molecular weight excluding hydrogens is 388 g/mol. The molecule has 0 aliphatic carbocycles. The monoisotopic (exact) mass is 414 g/mol. The number of Topliss-reactive ketones (excluding diaryl/α,β-unsaturated/α-hetero) is 1. The van der Waals surface area contributed by atoms with Crippen molar-refractivity contribution in [2.24, 2.45) is 0 Å². The van der Waals surface area contributed by atoms with Gasteiger partial charge in [0, 0.05) is 25.0 Å². The van der Waals surface area contributed by atoms with Crippen molar-refractivity contribution in [3.8, 4) is 28.7 Å². The van der Waals surface area contributed by atoms with E-state index < -0.39 is 23.7 Å². The summed E-state index contributed by atoms with van der Waals surface area (Å²) in [6.45, 7) is 1.61. The van der Waals surface area contributed by atoms with Gasteiger partial charge in [-0.05, 0) is 32.0 Å². The van der Waals surface area contributed by atoms with Crippen molar-refractivity contribution in [1.82, 2.24) is 0 Å². The van der Waals surface area contributed by atoms with Crippen molar-refractivity contribution in [2.45, 2.75) is 44.0 Å². The number of hydrogen-bond donors (Lipinski definition) is 1. The minimum Gasteiger partial charge on any atom is -0.493 e. The molecule has 1 N–H and O–H groups in total. The Bertz CT molecular complexity index is 1060. The second-order valence-corrected chi connectivity index (χ2v) is 8.14. The lowest BCUT2D eigenvalue weighted by Gasteiger charge is -2.37. The molecular formula is C23H24O7. The largest absolute Gasteiger partial charge is 0.493 e. The average Bonchev–Trinajstić information content (AvgIpc) is 3.23. The number of carbonyl (C=O) groups is 1. The summed E-state index contributed by atoms with van der Waals surface area (Å²) < 4.78 is 36.5. The molecule has 0 spiro atoms. The molecule has 7 nitrogen and oxygen atoms in total. The van der Waals surface area contributed by atoms with Crippen LogP contribution in [-0.2, 0) is 6.42 Å².